The van der Waals surface area contributed by atoms with Gasteiger partial charge < -0.3 is 18.9 Å². The van der Waals surface area contributed by atoms with E-state index in [4.69, 9.17) is 9.47 Å². The fourth-order valence-electron chi connectivity index (χ4n) is 3.92. The van der Waals surface area contributed by atoms with Crippen LogP contribution in [0.4, 0.5) is 5.82 Å². The fourth-order valence-corrected chi connectivity index (χ4v) is 4.37. The first-order valence-corrected chi connectivity index (χ1v) is 12.6. The Morgan fingerprint density at radius 3 is 2.77 bits per heavy atom. The zero-order chi connectivity index (χ0) is 21.8. The van der Waals surface area contributed by atoms with Crippen molar-refractivity contribution in [1.82, 2.24) is 14.5 Å². The second-order valence-corrected chi connectivity index (χ2v) is 10.2. The van der Waals surface area contributed by atoms with Crippen LogP contribution in [0.3, 0.4) is 0 Å². The molecule has 8 heteroatoms. The quantitative estimate of drug-likeness (QED) is 0.417. The number of aromatic nitrogens is 3. The lowest BCUT2D eigenvalue weighted by Crippen LogP contribution is -2.36. The van der Waals surface area contributed by atoms with Crippen molar-refractivity contribution < 1.29 is 9.47 Å². The highest BCUT2D eigenvalue weighted by Crippen LogP contribution is 2.38. The third kappa shape index (κ3) is 4.54. The number of hydrogen-bond donors (Lipinski definition) is 0. The first-order valence-electron chi connectivity index (χ1n) is 10.4. The number of fused-ring (bicyclic) bond motifs is 1. The van der Waals surface area contributed by atoms with Crippen LogP contribution in [-0.2, 0) is 27.1 Å². The third-order valence-electron chi connectivity index (χ3n) is 5.53. The molecule has 0 N–H and O–H groups in total. The average Bonchev–Trinajstić information content (AvgIpc) is 3.08. The van der Waals surface area contributed by atoms with Crippen molar-refractivity contribution in [3.05, 3.63) is 41.9 Å². The zero-order valence-corrected chi connectivity index (χ0v) is 19.1. The Morgan fingerprint density at radius 2 is 2.03 bits per heavy atom. The van der Waals surface area contributed by atoms with Crippen molar-refractivity contribution in [3.63, 3.8) is 0 Å². The van der Waals surface area contributed by atoms with E-state index in [2.05, 4.69) is 44.9 Å². The van der Waals surface area contributed by atoms with Gasteiger partial charge in [-0.1, -0.05) is 12.1 Å². The van der Waals surface area contributed by atoms with E-state index in [9.17, 15) is 5.26 Å². The van der Waals surface area contributed by atoms with Crippen molar-refractivity contribution in [3.8, 4) is 17.2 Å². The molecule has 7 nitrogen and oxygen atoms in total. The molecule has 4 rings (SSSR count). The van der Waals surface area contributed by atoms with Gasteiger partial charge in [0.2, 0.25) is 0 Å². The smallest absolute Gasteiger partial charge is 0.148 e. The third-order valence-corrected chi connectivity index (χ3v) is 6.51. The molecule has 31 heavy (non-hydrogen) atoms. The summed E-state index contributed by atoms with van der Waals surface area (Å²) >= 11 is 0. The highest BCUT2D eigenvalue weighted by atomic mass is 32.2. The van der Waals surface area contributed by atoms with Crippen molar-refractivity contribution in [1.29, 1.82) is 5.26 Å². The molecule has 0 atom stereocenters. The average molecular weight is 439 g/mol. The minimum absolute atomic E-state index is 0.350. The van der Waals surface area contributed by atoms with E-state index >= 15 is 0 Å². The van der Waals surface area contributed by atoms with Crippen LogP contribution in [0, 0.1) is 18.3 Å². The molecule has 1 fully saturated rings. The number of benzene rings is 1. The van der Waals surface area contributed by atoms with E-state index in [1.54, 1.807) is 6.33 Å². The monoisotopic (exact) mass is 438 g/mol. The predicted molar refractivity (Wildman–Crippen MR) is 125 cm³/mol. The van der Waals surface area contributed by atoms with Gasteiger partial charge in [-0.25, -0.2) is 9.97 Å². The molecule has 1 saturated heterocycles. The van der Waals surface area contributed by atoms with E-state index in [-0.39, 0.29) is 0 Å². The van der Waals surface area contributed by atoms with Gasteiger partial charge in [-0.15, -0.1) is 0 Å². The van der Waals surface area contributed by atoms with Crippen molar-refractivity contribution >= 4 is 27.7 Å². The lowest BCUT2D eigenvalue weighted by molar-refractivity contribution is 0.0912. The summed E-state index contributed by atoms with van der Waals surface area (Å²) in [6.07, 6.45) is 6.08. The normalized spacial score (nSPS) is 14.4. The summed E-state index contributed by atoms with van der Waals surface area (Å²) in [6.45, 7) is 6.20. The minimum atomic E-state index is 0.350. The highest BCUT2D eigenvalue weighted by Gasteiger charge is 2.24. The molecule has 162 valence electrons. The Labute approximate surface area is 186 Å². The number of rotatable bonds is 7. The van der Waals surface area contributed by atoms with Gasteiger partial charge in [0, 0.05) is 24.3 Å². The van der Waals surface area contributed by atoms with Gasteiger partial charge in [0.25, 0.3) is 0 Å². The number of nitriles is 1. The molecule has 3 heterocycles. The number of morpholine rings is 1. The molecule has 0 spiro atoms. The Kier molecular flexibility index (Phi) is 6.76. The lowest BCUT2D eigenvalue weighted by atomic mass is 10.0. The molecular formula is C23H28N5O2S+. The summed E-state index contributed by atoms with van der Waals surface area (Å²) in [5.41, 5.74) is 4.61. The first-order chi connectivity index (χ1) is 15.1. The number of nitrogens with zero attached hydrogens (tertiary/aromatic N) is 5. The number of anilines is 1. The maximum atomic E-state index is 9.42. The van der Waals surface area contributed by atoms with Crippen LogP contribution in [0.15, 0.2) is 30.6 Å². The fraction of sp³-hybridized carbons (Fsp3) is 0.435. The molecule has 0 saturated carbocycles. The molecule has 2 aromatic heterocycles. The molecule has 0 bridgehead atoms. The van der Waals surface area contributed by atoms with E-state index < -0.39 is 0 Å². The van der Waals surface area contributed by atoms with Crippen LogP contribution in [0.25, 0.3) is 22.2 Å². The zero-order valence-electron chi connectivity index (χ0n) is 18.3. The SMILES string of the molecule is Cc1c(-c2cccc(C#N)c2)c2c(N3CCOCC3)ncnc2n1COCC[S+](C)C. The van der Waals surface area contributed by atoms with E-state index in [1.807, 2.05) is 24.3 Å². The Hall–Kier alpha value is -2.60. The van der Waals surface area contributed by atoms with Crippen LogP contribution >= 0.6 is 0 Å². The van der Waals surface area contributed by atoms with Gasteiger partial charge in [0.15, 0.2) is 0 Å². The molecule has 0 unspecified atom stereocenters. The molecule has 0 radical (unpaired) electrons. The summed E-state index contributed by atoms with van der Waals surface area (Å²) in [7, 11) is 0.350. The van der Waals surface area contributed by atoms with Gasteiger partial charge in [-0.3, -0.25) is 0 Å². The van der Waals surface area contributed by atoms with Crippen molar-refractivity contribution in [2.24, 2.45) is 0 Å². The molecule has 1 aliphatic heterocycles. The van der Waals surface area contributed by atoms with Gasteiger partial charge in [0.1, 0.15) is 30.3 Å². The maximum absolute atomic E-state index is 9.42. The van der Waals surface area contributed by atoms with E-state index in [0.29, 0.717) is 36.4 Å². The van der Waals surface area contributed by atoms with Crippen LogP contribution in [0.5, 0.6) is 0 Å². The summed E-state index contributed by atoms with van der Waals surface area (Å²) in [6, 6.07) is 9.98. The van der Waals surface area contributed by atoms with Crippen molar-refractivity contribution in [2.75, 3.05) is 56.1 Å². The largest absolute Gasteiger partial charge is 0.378 e. The molecule has 1 aliphatic rings. The second kappa shape index (κ2) is 9.69. The Bertz CT molecular complexity index is 1100. The number of ether oxygens (including phenoxy) is 2. The van der Waals surface area contributed by atoms with Gasteiger partial charge in [-0.05, 0) is 35.5 Å². The topological polar surface area (TPSA) is 76.2 Å². The summed E-state index contributed by atoms with van der Waals surface area (Å²) in [4.78, 5) is 11.6. The summed E-state index contributed by atoms with van der Waals surface area (Å²) in [5.74, 6) is 1.96. The molecule has 3 aromatic rings. The van der Waals surface area contributed by atoms with Gasteiger partial charge >= 0.3 is 0 Å². The van der Waals surface area contributed by atoms with Crippen LogP contribution in [0.1, 0.15) is 11.3 Å². The minimum Gasteiger partial charge on any atom is -0.378 e. The Balaban J connectivity index is 1.84. The molecule has 0 amide bonds. The molecular weight excluding hydrogens is 410 g/mol. The molecule has 1 aromatic carbocycles. The lowest BCUT2D eigenvalue weighted by Gasteiger charge is -2.28. The van der Waals surface area contributed by atoms with Crippen LogP contribution in [-0.4, -0.2) is 65.7 Å². The summed E-state index contributed by atoms with van der Waals surface area (Å²) < 4.78 is 13.7. The highest BCUT2D eigenvalue weighted by molar-refractivity contribution is 7.95. The second-order valence-electron chi connectivity index (χ2n) is 7.80. The Morgan fingerprint density at radius 1 is 1.23 bits per heavy atom. The van der Waals surface area contributed by atoms with Crippen LogP contribution < -0.4 is 4.90 Å². The van der Waals surface area contributed by atoms with Gasteiger partial charge in [-0.2, -0.15) is 5.26 Å². The summed E-state index contributed by atoms with van der Waals surface area (Å²) in [5, 5.41) is 10.4. The van der Waals surface area contributed by atoms with Crippen molar-refractivity contribution in [2.45, 2.75) is 13.7 Å². The van der Waals surface area contributed by atoms with Gasteiger partial charge in [0.05, 0.1) is 49.4 Å². The van der Waals surface area contributed by atoms with E-state index in [0.717, 1.165) is 59.1 Å². The molecule has 0 aliphatic carbocycles. The maximum Gasteiger partial charge on any atom is 0.148 e. The van der Waals surface area contributed by atoms with E-state index in [1.165, 1.54) is 0 Å². The predicted octanol–water partition coefficient (Wildman–Crippen LogP) is 2.97. The van der Waals surface area contributed by atoms with Crippen LogP contribution in [0.2, 0.25) is 0 Å². The first kappa shape index (κ1) is 21.6. The standard InChI is InChI=1S/C23H28N5O2S/c1-17-20(19-6-4-5-18(13-19)14-24)21-22(27-7-9-29-10-8-27)25-15-26-23(21)28(17)16-30-11-12-31(2)3/h4-6,13,15H,7-12,16H2,1-3H3/q+1. The number of hydrogen-bond acceptors (Lipinski definition) is 6.